The van der Waals surface area contributed by atoms with Gasteiger partial charge < -0.3 is 20.7 Å². The molecule has 0 spiro atoms. The molecule has 1 saturated heterocycles. The number of carbonyl (C=O) groups excluding carboxylic acids is 1. The number of nitrogens with one attached hydrogen (secondary N) is 2. The van der Waals surface area contributed by atoms with Gasteiger partial charge in [-0.25, -0.2) is 17.9 Å². The number of morpholine rings is 1. The Labute approximate surface area is 266 Å². The first-order valence-corrected chi connectivity index (χ1v) is 17.0. The van der Waals surface area contributed by atoms with Crippen LogP contribution < -0.4 is 15.8 Å². The summed E-state index contributed by atoms with van der Waals surface area (Å²) in [5.74, 6) is 0. The molecule has 238 valence electrons. The highest BCUT2D eigenvalue weighted by Gasteiger charge is 2.20. The largest absolute Gasteiger partial charge is 0.379 e. The minimum Gasteiger partial charge on any atom is -0.379 e. The van der Waals surface area contributed by atoms with E-state index in [2.05, 4.69) is 39.2 Å². The van der Waals surface area contributed by atoms with Crippen LogP contribution in [-0.2, 0) is 34.4 Å². The van der Waals surface area contributed by atoms with Crippen LogP contribution in [0.3, 0.4) is 0 Å². The summed E-state index contributed by atoms with van der Waals surface area (Å²) in [5, 5.41) is 5.46. The van der Waals surface area contributed by atoms with Gasteiger partial charge in [-0.15, -0.1) is 0 Å². The smallest absolute Gasteiger partial charge is 0.318 e. The van der Waals surface area contributed by atoms with Gasteiger partial charge >= 0.3 is 6.03 Å². The lowest BCUT2D eigenvalue weighted by molar-refractivity contribution is 0.0364. The summed E-state index contributed by atoms with van der Waals surface area (Å²) in [6.45, 7) is 7.69. The zero-order chi connectivity index (χ0) is 31.6. The van der Waals surface area contributed by atoms with Gasteiger partial charge in [0.2, 0.25) is 10.0 Å². The quantitative estimate of drug-likeness (QED) is 0.196. The zero-order valence-corrected chi connectivity index (χ0v) is 26.6. The van der Waals surface area contributed by atoms with Crippen molar-refractivity contribution in [1.29, 1.82) is 0 Å². The van der Waals surface area contributed by atoms with Crippen molar-refractivity contribution in [3.63, 3.8) is 0 Å². The Morgan fingerprint density at radius 3 is 2.31 bits per heavy atom. The number of nitrogens with two attached hydrogens (primary N) is 1. The molecule has 4 N–H and O–H groups in total. The van der Waals surface area contributed by atoms with Crippen LogP contribution in [0.4, 0.5) is 4.79 Å². The standard InChI is InChI=1S/C35H43N5O4S/c1-27(33-9-4-7-31-6-2-3-8-34(31)33)38-35(41)40(19-5-18-39-20-22-44-23-21-39)26-30-14-16-32(17-15-30)45(42,43)37-25-29-12-10-28(24-36)11-13-29/h2-4,6-17,27,37H,5,18-26,36H2,1H3,(H,38,41)/t27-/m0/s1. The molecule has 0 radical (unpaired) electrons. The number of hydrogen-bond donors (Lipinski definition) is 3. The molecule has 4 aromatic carbocycles. The van der Waals surface area contributed by atoms with E-state index < -0.39 is 10.0 Å². The van der Waals surface area contributed by atoms with Crippen molar-refractivity contribution in [2.45, 2.75) is 43.9 Å². The molecule has 4 aromatic rings. The van der Waals surface area contributed by atoms with E-state index in [0.717, 1.165) is 72.3 Å². The Hall–Kier alpha value is -3.80. The molecular formula is C35H43N5O4S. The fraction of sp³-hybridized carbons (Fsp3) is 0.343. The highest BCUT2D eigenvalue weighted by molar-refractivity contribution is 7.89. The minimum atomic E-state index is -3.71. The lowest BCUT2D eigenvalue weighted by atomic mass is 10.00. The topological polar surface area (TPSA) is 117 Å². The third-order valence-electron chi connectivity index (χ3n) is 8.26. The summed E-state index contributed by atoms with van der Waals surface area (Å²) < 4.78 is 34.1. The number of hydrogen-bond acceptors (Lipinski definition) is 6. The van der Waals surface area contributed by atoms with Gasteiger partial charge in [-0.2, -0.15) is 0 Å². The normalized spacial score (nSPS) is 14.7. The molecule has 0 aromatic heterocycles. The Kier molecular flexibility index (Phi) is 11.2. The van der Waals surface area contributed by atoms with Gasteiger partial charge in [0.25, 0.3) is 0 Å². The molecule has 5 rings (SSSR count). The van der Waals surface area contributed by atoms with Crippen molar-refractivity contribution in [2.75, 3.05) is 39.4 Å². The second kappa shape index (κ2) is 15.5. The Balaban J connectivity index is 1.25. The van der Waals surface area contributed by atoms with Gasteiger partial charge in [-0.05, 0) is 58.5 Å². The molecule has 2 amide bonds. The summed E-state index contributed by atoms with van der Waals surface area (Å²) in [7, 11) is -3.71. The van der Waals surface area contributed by atoms with Crippen LogP contribution in [0.1, 0.15) is 41.6 Å². The van der Waals surface area contributed by atoms with E-state index in [1.165, 1.54) is 0 Å². The Morgan fingerprint density at radius 1 is 0.911 bits per heavy atom. The Morgan fingerprint density at radius 2 is 1.58 bits per heavy atom. The molecule has 9 nitrogen and oxygen atoms in total. The monoisotopic (exact) mass is 629 g/mol. The second-order valence-electron chi connectivity index (χ2n) is 11.5. The SMILES string of the molecule is C[C@H](NC(=O)N(CCCN1CCOCC1)Cc1ccc(S(=O)(=O)NCc2ccc(CN)cc2)cc1)c1cccc2ccccc12. The zero-order valence-electron chi connectivity index (χ0n) is 25.8. The molecule has 1 fully saturated rings. The van der Waals surface area contributed by atoms with Crippen LogP contribution in [-0.4, -0.2) is 63.6 Å². The summed E-state index contributed by atoms with van der Waals surface area (Å²) in [4.78, 5) is 18.1. The van der Waals surface area contributed by atoms with Crippen LogP contribution in [0.25, 0.3) is 10.8 Å². The van der Waals surface area contributed by atoms with Gasteiger partial charge in [-0.3, -0.25) is 4.90 Å². The number of fused-ring (bicyclic) bond motifs is 1. The fourth-order valence-electron chi connectivity index (χ4n) is 5.59. The third-order valence-corrected chi connectivity index (χ3v) is 9.67. The maximum absolute atomic E-state index is 13.7. The van der Waals surface area contributed by atoms with Crippen LogP contribution in [0.15, 0.2) is 95.9 Å². The first kappa shape index (κ1) is 32.6. The molecule has 1 aliphatic heterocycles. The van der Waals surface area contributed by atoms with Crippen molar-refractivity contribution in [3.8, 4) is 0 Å². The van der Waals surface area contributed by atoms with E-state index in [-0.39, 0.29) is 23.5 Å². The first-order valence-electron chi connectivity index (χ1n) is 15.5. The molecule has 1 atom stereocenters. The van der Waals surface area contributed by atoms with Crippen molar-refractivity contribution in [1.82, 2.24) is 19.8 Å². The number of amides is 2. The van der Waals surface area contributed by atoms with E-state index in [9.17, 15) is 13.2 Å². The maximum Gasteiger partial charge on any atom is 0.318 e. The molecule has 45 heavy (non-hydrogen) atoms. The molecule has 0 bridgehead atoms. The summed E-state index contributed by atoms with van der Waals surface area (Å²) >= 11 is 0. The van der Waals surface area contributed by atoms with E-state index in [4.69, 9.17) is 10.5 Å². The van der Waals surface area contributed by atoms with Crippen LogP contribution in [0.5, 0.6) is 0 Å². The van der Waals surface area contributed by atoms with Gasteiger partial charge in [0.15, 0.2) is 0 Å². The Bertz CT molecular complexity index is 1650. The van der Waals surface area contributed by atoms with Gasteiger partial charge in [-0.1, -0.05) is 78.9 Å². The number of urea groups is 1. The maximum atomic E-state index is 13.7. The van der Waals surface area contributed by atoms with Crippen LogP contribution in [0, 0.1) is 0 Å². The lowest BCUT2D eigenvalue weighted by Gasteiger charge is -2.29. The fourth-order valence-corrected chi connectivity index (χ4v) is 6.61. The van der Waals surface area contributed by atoms with Crippen molar-refractivity contribution in [3.05, 3.63) is 113 Å². The predicted molar refractivity (Wildman–Crippen MR) is 178 cm³/mol. The second-order valence-corrected chi connectivity index (χ2v) is 13.2. The number of nitrogens with zero attached hydrogens (tertiary/aromatic N) is 2. The molecule has 1 heterocycles. The number of sulfonamides is 1. The highest BCUT2D eigenvalue weighted by atomic mass is 32.2. The van der Waals surface area contributed by atoms with Crippen molar-refractivity contribution in [2.24, 2.45) is 5.73 Å². The summed E-state index contributed by atoms with van der Waals surface area (Å²) in [5.41, 5.74) is 9.41. The molecule has 0 unspecified atom stereocenters. The van der Waals surface area contributed by atoms with Crippen molar-refractivity contribution >= 4 is 26.8 Å². The van der Waals surface area contributed by atoms with E-state index in [0.29, 0.717) is 19.6 Å². The summed E-state index contributed by atoms with van der Waals surface area (Å²) in [6.07, 6.45) is 0.818. The van der Waals surface area contributed by atoms with E-state index in [1.807, 2.05) is 54.3 Å². The third kappa shape index (κ3) is 8.90. The first-order chi connectivity index (χ1) is 21.8. The minimum absolute atomic E-state index is 0.156. The predicted octanol–water partition coefficient (Wildman–Crippen LogP) is 4.77. The molecular weight excluding hydrogens is 586 g/mol. The molecule has 0 saturated carbocycles. The van der Waals surface area contributed by atoms with Gasteiger partial charge in [0.05, 0.1) is 24.2 Å². The number of rotatable bonds is 13. The van der Waals surface area contributed by atoms with Gasteiger partial charge in [0.1, 0.15) is 0 Å². The average Bonchev–Trinajstić information content (AvgIpc) is 3.07. The number of benzene rings is 4. The molecule has 0 aliphatic carbocycles. The average molecular weight is 630 g/mol. The van der Waals surface area contributed by atoms with Gasteiger partial charge in [0, 0.05) is 45.8 Å². The van der Waals surface area contributed by atoms with E-state index >= 15 is 0 Å². The lowest BCUT2D eigenvalue weighted by Crippen LogP contribution is -2.43. The van der Waals surface area contributed by atoms with Crippen LogP contribution >= 0.6 is 0 Å². The number of ether oxygens (including phenoxy) is 1. The molecule has 10 heteroatoms. The van der Waals surface area contributed by atoms with Crippen LogP contribution in [0.2, 0.25) is 0 Å². The number of carbonyl (C=O) groups is 1. The highest BCUT2D eigenvalue weighted by Crippen LogP contribution is 2.24. The van der Waals surface area contributed by atoms with E-state index in [1.54, 1.807) is 24.3 Å². The summed E-state index contributed by atoms with van der Waals surface area (Å²) in [6, 6.07) is 28.2. The molecule has 1 aliphatic rings. The van der Waals surface area contributed by atoms with Crippen molar-refractivity contribution < 1.29 is 17.9 Å².